The van der Waals surface area contributed by atoms with Gasteiger partial charge in [-0.1, -0.05) is 0 Å². The predicted molar refractivity (Wildman–Crippen MR) is 74.0 cm³/mol. The number of urea groups is 1. The van der Waals surface area contributed by atoms with E-state index in [2.05, 4.69) is 15.6 Å². The number of carbonyl (C=O) groups is 3. The maximum absolute atomic E-state index is 11.7. The number of rotatable bonds is 4. The van der Waals surface area contributed by atoms with Gasteiger partial charge in [0.05, 0.1) is 18.4 Å². The normalized spacial score (nSPS) is 13.8. The van der Waals surface area contributed by atoms with Crippen LogP contribution in [0.4, 0.5) is 10.5 Å². The molecule has 2 rings (SSSR count). The van der Waals surface area contributed by atoms with Crippen molar-refractivity contribution in [1.29, 1.82) is 0 Å². The molecule has 1 aliphatic heterocycles. The number of aromatic carboxylic acids is 1. The highest BCUT2D eigenvalue weighted by atomic mass is 16.4. The molecule has 8 heteroatoms. The molecule has 3 N–H and O–H groups in total. The number of amides is 3. The van der Waals surface area contributed by atoms with Crippen LogP contribution in [0.3, 0.4) is 0 Å². The Labute approximate surface area is 121 Å². The Hall–Kier alpha value is -2.64. The Balaban J connectivity index is 1.78. The number of nitrogens with zero attached hydrogens (tertiary/aromatic N) is 2. The molecule has 0 bridgehead atoms. The Morgan fingerprint density at radius 2 is 1.95 bits per heavy atom. The molecule has 1 aromatic heterocycles. The number of pyridine rings is 1. The largest absolute Gasteiger partial charge is 0.477 e. The maximum Gasteiger partial charge on any atom is 0.354 e. The van der Waals surface area contributed by atoms with Gasteiger partial charge in [-0.25, -0.2) is 14.6 Å². The molecule has 0 unspecified atom stereocenters. The summed E-state index contributed by atoms with van der Waals surface area (Å²) in [5, 5.41) is 13.6. The Morgan fingerprint density at radius 3 is 2.52 bits per heavy atom. The number of hydrogen-bond acceptors (Lipinski definition) is 4. The molecule has 2 heterocycles. The fraction of sp³-hybridized carbons (Fsp3) is 0.385. The van der Waals surface area contributed by atoms with Crippen molar-refractivity contribution in [3.05, 3.63) is 24.0 Å². The van der Waals surface area contributed by atoms with E-state index in [9.17, 15) is 14.4 Å². The summed E-state index contributed by atoms with van der Waals surface area (Å²) in [5.41, 5.74) is 0.247. The van der Waals surface area contributed by atoms with Crippen LogP contribution in [0.2, 0.25) is 0 Å². The van der Waals surface area contributed by atoms with Crippen LogP contribution in [0.15, 0.2) is 18.3 Å². The lowest BCUT2D eigenvalue weighted by molar-refractivity contribution is -0.128. The van der Waals surface area contributed by atoms with Gasteiger partial charge in [0.1, 0.15) is 5.69 Å². The van der Waals surface area contributed by atoms with Crippen molar-refractivity contribution in [2.75, 3.05) is 25.0 Å². The number of likely N-dealkylation sites (tertiary alicyclic amines) is 1. The summed E-state index contributed by atoms with van der Waals surface area (Å²) in [4.78, 5) is 39.4. The Morgan fingerprint density at radius 1 is 1.24 bits per heavy atom. The molecule has 1 aromatic rings. The third kappa shape index (κ3) is 4.16. The van der Waals surface area contributed by atoms with Crippen molar-refractivity contribution in [1.82, 2.24) is 15.2 Å². The van der Waals surface area contributed by atoms with Crippen LogP contribution < -0.4 is 10.6 Å². The van der Waals surface area contributed by atoms with E-state index in [0.717, 1.165) is 25.9 Å². The number of anilines is 1. The van der Waals surface area contributed by atoms with Crippen LogP contribution in [0, 0.1) is 0 Å². The number of hydrogen-bond donors (Lipinski definition) is 3. The molecule has 0 spiro atoms. The standard InChI is InChI=1S/C13H16N4O4/c18-11(17-5-1-2-6-17)8-15-13(21)16-9-3-4-10(12(19)20)14-7-9/h3-4,7H,1-2,5-6,8H2,(H,19,20)(H2,15,16,21). The molecular weight excluding hydrogens is 276 g/mol. The quantitative estimate of drug-likeness (QED) is 0.749. The molecule has 0 atom stereocenters. The maximum atomic E-state index is 11.7. The average molecular weight is 292 g/mol. The third-order valence-electron chi connectivity index (χ3n) is 3.10. The van der Waals surface area contributed by atoms with E-state index >= 15 is 0 Å². The van der Waals surface area contributed by atoms with Crippen LogP contribution in [0.1, 0.15) is 23.3 Å². The SMILES string of the molecule is O=C(NCC(=O)N1CCCC1)Nc1ccc(C(=O)O)nc1. The summed E-state index contributed by atoms with van der Waals surface area (Å²) in [7, 11) is 0. The van der Waals surface area contributed by atoms with E-state index < -0.39 is 12.0 Å². The summed E-state index contributed by atoms with van der Waals surface area (Å²) in [6.45, 7) is 1.41. The number of carboxylic acids is 1. The van der Waals surface area contributed by atoms with Crippen molar-refractivity contribution in [3.8, 4) is 0 Å². The van der Waals surface area contributed by atoms with Crippen molar-refractivity contribution in [2.24, 2.45) is 0 Å². The van der Waals surface area contributed by atoms with E-state index in [1.165, 1.54) is 18.3 Å². The monoisotopic (exact) mass is 292 g/mol. The highest BCUT2D eigenvalue weighted by molar-refractivity contribution is 5.92. The van der Waals surface area contributed by atoms with Gasteiger partial charge in [0, 0.05) is 13.1 Å². The van der Waals surface area contributed by atoms with Gasteiger partial charge in [0.25, 0.3) is 0 Å². The van der Waals surface area contributed by atoms with Gasteiger partial charge < -0.3 is 20.6 Å². The number of carbonyl (C=O) groups excluding carboxylic acids is 2. The molecule has 0 aromatic carbocycles. The first-order valence-corrected chi connectivity index (χ1v) is 6.58. The zero-order valence-corrected chi connectivity index (χ0v) is 11.3. The molecule has 1 fully saturated rings. The summed E-state index contributed by atoms with van der Waals surface area (Å²) >= 11 is 0. The molecule has 8 nitrogen and oxygen atoms in total. The molecule has 0 radical (unpaired) electrons. The first-order chi connectivity index (χ1) is 10.1. The molecule has 1 saturated heterocycles. The molecule has 0 aliphatic carbocycles. The molecule has 3 amide bonds. The molecule has 0 saturated carbocycles. The second-order valence-electron chi connectivity index (χ2n) is 4.63. The van der Waals surface area contributed by atoms with E-state index in [1.807, 2.05) is 0 Å². The zero-order valence-electron chi connectivity index (χ0n) is 11.3. The van der Waals surface area contributed by atoms with Gasteiger partial charge >= 0.3 is 12.0 Å². The predicted octanol–water partition coefficient (Wildman–Crippen LogP) is 0.524. The molecule has 112 valence electrons. The minimum absolute atomic E-state index is 0.0630. The van der Waals surface area contributed by atoms with E-state index in [-0.39, 0.29) is 18.1 Å². The fourth-order valence-corrected chi connectivity index (χ4v) is 2.00. The summed E-state index contributed by atoms with van der Waals surface area (Å²) in [5.74, 6) is -1.25. The average Bonchev–Trinajstić information content (AvgIpc) is 2.99. The van der Waals surface area contributed by atoms with E-state index in [4.69, 9.17) is 5.11 Å². The minimum atomic E-state index is -1.14. The van der Waals surface area contributed by atoms with Gasteiger partial charge in [-0.2, -0.15) is 0 Å². The number of nitrogens with one attached hydrogen (secondary N) is 2. The first kappa shape index (κ1) is 14.8. The summed E-state index contributed by atoms with van der Waals surface area (Å²) in [6.07, 6.45) is 3.24. The molecular formula is C13H16N4O4. The van der Waals surface area contributed by atoms with Gasteiger partial charge in [0.2, 0.25) is 5.91 Å². The van der Waals surface area contributed by atoms with Crippen LogP contribution >= 0.6 is 0 Å². The van der Waals surface area contributed by atoms with Crippen LogP contribution in [-0.4, -0.2) is 52.5 Å². The summed E-state index contributed by atoms with van der Waals surface area (Å²) in [6, 6.07) is 2.18. The Kier molecular flexibility index (Phi) is 4.70. The molecule has 21 heavy (non-hydrogen) atoms. The van der Waals surface area contributed by atoms with Gasteiger partial charge in [-0.3, -0.25) is 4.79 Å². The topological polar surface area (TPSA) is 112 Å². The second kappa shape index (κ2) is 6.69. The first-order valence-electron chi connectivity index (χ1n) is 6.58. The number of carboxylic acid groups (broad SMARTS) is 1. The highest BCUT2D eigenvalue weighted by Crippen LogP contribution is 2.07. The smallest absolute Gasteiger partial charge is 0.354 e. The van der Waals surface area contributed by atoms with E-state index in [0.29, 0.717) is 5.69 Å². The van der Waals surface area contributed by atoms with Crippen LogP contribution in [0.25, 0.3) is 0 Å². The van der Waals surface area contributed by atoms with Crippen LogP contribution in [0.5, 0.6) is 0 Å². The van der Waals surface area contributed by atoms with Crippen molar-refractivity contribution in [3.63, 3.8) is 0 Å². The lowest BCUT2D eigenvalue weighted by Crippen LogP contribution is -2.40. The van der Waals surface area contributed by atoms with Crippen molar-refractivity contribution < 1.29 is 19.5 Å². The molecule has 1 aliphatic rings. The van der Waals surface area contributed by atoms with Crippen molar-refractivity contribution >= 4 is 23.6 Å². The Bertz CT molecular complexity index is 538. The number of aromatic nitrogens is 1. The lowest BCUT2D eigenvalue weighted by Gasteiger charge is -2.15. The highest BCUT2D eigenvalue weighted by Gasteiger charge is 2.18. The second-order valence-corrected chi connectivity index (χ2v) is 4.63. The van der Waals surface area contributed by atoms with Gasteiger partial charge in [-0.15, -0.1) is 0 Å². The zero-order chi connectivity index (χ0) is 15.2. The lowest BCUT2D eigenvalue weighted by atomic mass is 10.3. The fourth-order valence-electron chi connectivity index (χ4n) is 2.00. The van der Waals surface area contributed by atoms with Gasteiger partial charge in [-0.05, 0) is 25.0 Å². The van der Waals surface area contributed by atoms with E-state index in [1.54, 1.807) is 4.90 Å². The minimum Gasteiger partial charge on any atom is -0.477 e. The third-order valence-corrected chi connectivity index (χ3v) is 3.10. The van der Waals surface area contributed by atoms with Crippen LogP contribution in [-0.2, 0) is 4.79 Å². The van der Waals surface area contributed by atoms with Crippen molar-refractivity contribution in [2.45, 2.75) is 12.8 Å². The van der Waals surface area contributed by atoms with Gasteiger partial charge in [0.15, 0.2) is 0 Å². The summed E-state index contributed by atoms with van der Waals surface area (Å²) < 4.78 is 0.